The van der Waals surface area contributed by atoms with Crippen molar-refractivity contribution < 1.29 is 13.2 Å². The number of nitrogens with zero attached hydrogens (tertiary/aromatic N) is 1. The molecule has 3 aliphatic heterocycles. The molecule has 0 spiro atoms. The van der Waals surface area contributed by atoms with E-state index in [1.807, 2.05) is 13.1 Å². The van der Waals surface area contributed by atoms with Crippen molar-refractivity contribution in [1.29, 1.82) is 0 Å². The van der Waals surface area contributed by atoms with Crippen LogP contribution in [-0.2, 0) is 4.74 Å². The van der Waals surface area contributed by atoms with E-state index in [0.717, 1.165) is 37.7 Å². The van der Waals surface area contributed by atoms with Gasteiger partial charge in [0.2, 0.25) is 0 Å². The molecule has 3 heterocycles. The zero-order valence-electron chi connectivity index (χ0n) is 20.1. The van der Waals surface area contributed by atoms with Crippen molar-refractivity contribution in [1.82, 2.24) is 26.2 Å². The molecule has 7 heteroatoms. The van der Waals surface area contributed by atoms with E-state index in [1.165, 1.54) is 4.90 Å². The number of hydrogen-bond donors (Lipinski definition) is 4. The molecule has 0 aromatic rings. The number of nitrogens with one attached hydrogen (secondary N) is 4. The average molecular weight is 399 g/mol. The average Bonchev–Trinajstić information content (AvgIpc) is 3.01. The molecule has 6 nitrogen and oxygen atoms in total. The van der Waals surface area contributed by atoms with Crippen molar-refractivity contribution in [2.75, 3.05) is 33.7 Å². The molecule has 0 aromatic heterocycles. The Bertz CT molecular complexity index is 651. The van der Waals surface area contributed by atoms with Crippen LogP contribution in [0.3, 0.4) is 0 Å². The van der Waals surface area contributed by atoms with Crippen molar-refractivity contribution in [2.24, 2.45) is 11.8 Å². The molecule has 4 N–H and O–H groups in total. The molecule has 8 atom stereocenters. The smallest absolute Gasteiger partial charge is 0.124 e. The second kappa shape index (κ2) is 9.06. The Hall–Kier alpha value is -0.570. The number of rotatable bonds is 4. The number of fused-ring (bicyclic) bond motifs is 1. The summed E-state index contributed by atoms with van der Waals surface area (Å²) in [4.78, 5) is 1.51. The van der Waals surface area contributed by atoms with Crippen LogP contribution in [0.5, 0.6) is 0 Å². The Morgan fingerprint density at radius 1 is 1.36 bits per heavy atom. The van der Waals surface area contributed by atoms with E-state index in [1.54, 1.807) is 0 Å². The van der Waals surface area contributed by atoms with Gasteiger partial charge in [0, 0.05) is 35.3 Å². The first-order valence-electron chi connectivity index (χ1n) is 12.4. The Balaban J connectivity index is 1.50. The van der Waals surface area contributed by atoms with E-state index in [9.17, 15) is 0 Å². The van der Waals surface area contributed by atoms with Crippen LogP contribution >= 0.6 is 0 Å². The third kappa shape index (κ3) is 4.45. The molecule has 2 saturated heterocycles. The molecule has 0 bridgehead atoms. The highest BCUT2D eigenvalue weighted by molar-refractivity contribution is 5.18. The maximum absolute atomic E-state index is 16.1. The van der Waals surface area contributed by atoms with Gasteiger partial charge in [0.15, 0.2) is 0 Å². The van der Waals surface area contributed by atoms with Gasteiger partial charge < -0.3 is 15.0 Å². The molecule has 0 amide bonds. The largest absolute Gasteiger partial charge is 0.377 e. The monoisotopic (exact) mass is 398 g/mol. The van der Waals surface area contributed by atoms with Crippen LogP contribution in [0.4, 0.5) is 4.39 Å². The fourth-order valence-corrected chi connectivity index (χ4v) is 5.50. The quantitative estimate of drug-likeness (QED) is 0.533. The molecule has 160 valence electrons. The van der Waals surface area contributed by atoms with Gasteiger partial charge >= 0.3 is 0 Å². The third-order valence-corrected chi connectivity index (χ3v) is 6.93. The summed E-state index contributed by atoms with van der Waals surface area (Å²) in [6, 6.07) is 0.0512. The van der Waals surface area contributed by atoms with E-state index >= 15 is 4.39 Å². The van der Waals surface area contributed by atoms with E-state index in [-0.39, 0.29) is 30.5 Å². The van der Waals surface area contributed by atoms with Gasteiger partial charge in [0.25, 0.3) is 0 Å². The first kappa shape index (κ1) is 17.1. The van der Waals surface area contributed by atoms with Gasteiger partial charge in [0.1, 0.15) is 12.5 Å². The van der Waals surface area contributed by atoms with Crippen molar-refractivity contribution in [3.63, 3.8) is 0 Å². The molecule has 4 rings (SSSR count). The van der Waals surface area contributed by atoms with Crippen LogP contribution in [0.25, 0.3) is 0 Å². The maximum atomic E-state index is 16.1. The van der Waals surface area contributed by atoms with Crippen LogP contribution < -0.4 is 21.3 Å². The summed E-state index contributed by atoms with van der Waals surface area (Å²) in [5, 5.41) is 13.7. The fourth-order valence-electron chi connectivity index (χ4n) is 5.50. The number of hydrogen-bond acceptors (Lipinski definition) is 6. The van der Waals surface area contributed by atoms with E-state index < -0.39 is 13.1 Å². The van der Waals surface area contributed by atoms with E-state index in [0.29, 0.717) is 31.7 Å². The predicted molar refractivity (Wildman–Crippen MR) is 110 cm³/mol. The highest BCUT2D eigenvalue weighted by atomic mass is 19.1. The first-order valence-corrected chi connectivity index (χ1v) is 10.9. The minimum absolute atomic E-state index is 0.102. The summed E-state index contributed by atoms with van der Waals surface area (Å²) in [5.74, 6) is 0.0231. The molecular weight excluding hydrogens is 357 g/mol. The van der Waals surface area contributed by atoms with Gasteiger partial charge in [-0.3, -0.25) is 16.0 Å². The van der Waals surface area contributed by atoms with Gasteiger partial charge in [-0.05, 0) is 65.5 Å². The van der Waals surface area contributed by atoms with Gasteiger partial charge in [-0.25, -0.2) is 4.39 Å². The minimum Gasteiger partial charge on any atom is -0.377 e. The second-order valence-corrected chi connectivity index (χ2v) is 8.94. The Labute approximate surface area is 173 Å². The fraction of sp³-hybridized carbons (Fsp3) is 0.905. The number of halogens is 1. The SMILES string of the molecule is [2H]C([2H])([2H])N1CC=C(C2C(F)C(NC3NC(C)CC(NC)N3)CC3CCOC32)CCC1. The second-order valence-electron chi connectivity index (χ2n) is 8.94. The number of alkyl halides is 1. The lowest BCUT2D eigenvalue weighted by molar-refractivity contribution is -0.0262. The molecule has 4 aliphatic rings. The summed E-state index contributed by atoms with van der Waals surface area (Å²) in [7, 11) is 1.93. The summed E-state index contributed by atoms with van der Waals surface area (Å²) in [5.41, 5.74) is 1.04. The molecule has 0 aromatic carbocycles. The van der Waals surface area contributed by atoms with Crippen molar-refractivity contribution in [3.05, 3.63) is 11.6 Å². The highest BCUT2D eigenvalue weighted by Crippen LogP contribution is 2.44. The molecule has 28 heavy (non-hydrogen) atoms. The molecule has 1 saturated carbocycles. The maximum Gasteiger partial charge on any atom is 0.124 e. The number of ether oxygens (including phenoxy) is 1. The van der Waals surface area contributed by atoms with Crippen molar-refractivity contribution >= 4 is 0 Å². The standard InChI is InChI=1S/C21H38FN5O/c1-13-11-17(23-2)26-21(24-13)25-16-12-15-7-10-28-20(15)18(19(16)22)14-5-4-8-27(3)9-6-14/h6,13,15-21,23-26H,4-5,7-12H2,1-3H3/i3D3. The molecule has 0 radical (unpaired) electrons. The van der Waals surface area contributed by atoms with Gasteiger partial charge in [-0.2, -0.15) is 0 Å². The molecule has 8 unspecified atom stereocenters. The molecular formula is C21H38FN5O. The van der Waals surface area contributed by atoms with Crippen molar-refractivity contribution in [2.45, 2.75) is 75.8 Å². The first-order chi connectivity index (χ1) is 14.8. The zero-order chi connectivity index (χ0) is 22.2. The normalized spacial score (nSPS) is 47.4. The Morgan fingerprint density at radius 2 is 2.25 bits per heavy atom. The van der Waals surface area contributed by atoms with Crippen LogP contribution in [0.15, 0.2) is 11.6 Å². The topological polar surface area (TPSA) is 60.6 Å². The Morgan fingerprint density at radius 3 is 3.07 bits per heavy atom. The lowest BCUT2D eigenvalue weighted by Gasteiger charge is -2.45. The predicted octanol–water partition coefficient (Wildman–Crippen LogP) is 1.16. The molecule has 1 aliphatic carbocycles. The highest BCUT2D eigenvalue weighted by Gasteiger charge is 2.49. The van der Waals surface area contributed by atoms with Gasteiger partial charge in [0.05, 0.1) is 12.3 Å². The van der Waals surface area contributed by atoms with Gasteiger partial charge in [-0.15, -0.1) is 0 Å². The Kier molecular flexibility index (Phi) is 5.55. The van der Waals surface area contributed by atoms with E-state index in [4.69, 9.17) is 8.85 Å². The van der Waals surface area contributed by atoms with Gasteiger partial charge in [-0.1, -0.05) is 11.6 Å². The zero-order valence-corrected chi connectivity index (χ0v) is 17.1. The minimum atomic E-state index is -2.11. The van der Waals surface area contributed by atoms with Crippen LogP contribution in [0.2, 0.25) is 0 Å². The summed E-state index contributed by atoms with van der Waals surface area (Å²) in [6.45, 7) is 1.57. The van der Waals surface area contributed by atoms with Crippen molar-refractivity contribution in [3.8, 4) is 0 Å². The van der Waals surface area contributed by atoms with Crippen LogP contribution in [0, 0.1) is 11.8 Å². The summed E-state index contributed by atoms with van der Waals surface area (Å²) >= 11 is 0. The third-order valence-electron chi connectivity index (χ3n) is 6.93. The lowest BCUT2D eigenvalue weighted by atomic mass is 9.71. The summed E-state index contributed by atoms with van der Waals surface area (Å²) in [6.07, 6.45) is 4.97. The van der Waals surface area contributed by atoms with E-state index in [2.05, 4.69) is 28.2 Å². The lowest BCUT2D eigenvalue weighted by Crippen LogP contribution is -2.69. The summed E-state index contributed by atoms with van der Waals surface area (Å²) < 4.78 is 45.2. The molecule has 3 fully saturated rings. The van der Waals surface area contributed by atoms with Crippen LogP contribution in [-0.4, -0.2) is 75.4 Å². The van der Waals surface area contributed by atoms with Crippen LogP contribution in [0.1, 0.15) is 43.1 Å². The number of likely N-dealkylation sites (N-methyl/N-ethyl adjacent to an activating group) is 1.